The molecule has 0 bridgehead atoms. The number of carbonyl (C=O) groups is 2. The Bertz CT molecular complexity index is 415. The molecule has 0 aliphatic heterocycles. The SMILES string of the molecule is CC(C)CNC(=O)CNc1ccc(C(=O)O)cn1. The van der Waals surface area contributed by atoms with Crippen molar-refractivity contribution in [3.63, 3.8) is 0 Å². The highest BCUT2D eigenvalue weighted by Gasteiger charge is 2.05. The second-order valence-corrected chi connectivity index (χ2v) is 4.29. The standard InChI is InChI=1S/C12H17N3O3/c1-8(2)5-15-11(16)7-14-10-4-3-9(6-13-10)12(17)18/h3-4,6,8H,5,7H2,1-2H3,(H,13,14)(H,15,16)(H,17,18). The molecule has 1 heterocycles. The molecule has 1 rings (SSSR count). The van der Waals surface area contributed by atoms with Gasteiger partial charge >= 0.3 is 5.97 Å². The molecule has 0 aliphatic carbocycles. The summed E-state index contributed by atoms with van der Waals surface area (Å²) in [6.45, 7) is 4.78. The van der Waals surface area contributed by atoms with E-state index in [1.807, 2.05) is 13.8 Å². The van der Waals surface area contributed by atoms with Crippen LogP contribution in [-0.4, -0.2) is 35.1 Å². The lowest BCUT2D eigenvalue weighted by atomic mass is 10.2. The number of nitrogens with zero attached hydrogens (tertiary/aromatic N) is 1. The lowest BCUT2D eigenvalue weighted by molar-refractivity contribution is -0.119. The van der Waals surface area contributed by atoms with Crippen molar-refractivity contribution < 1.29 is 14.7 Å². The number of amides is 1. The van der Waals surface area contributed by atoms with Crippen molar-refractivity contribution in [2.75, 3.05) is 18.4 Å². The van der Waals surface area contributed by atoms with Crippen LogP contribution in [0.25, 0.3) is 0 Å². The summed E-state index contributed by atoms with van der Waals surface area (Å²) in [5.41, 5.74) is 0.116. The quantitative estimate of drug-likeness (QED) is 0.700. The van der Waals surface area contributed by atoms with E-state index in [0.717, 1.165) is 0 Å². The Morgan fingerprint density at radius 2 is 2.11 bits per heavy atom. The largest absolute Gasteiger partial charge is 0.478 e. The highest BCUT2D eigenvalue weighted by Crippen LogP contribution is 2.04. The predicted molar refractivity (Wildman–Crippen MR) is 67.5 cm³/mol. The van der Waals surface area contributed by atoms with E-state index >= 15 is 0 Å². The van der Waals surface area contributed by atoms with Gasteiger partial charge < -0.3 is 15.7 Å². The molecule has 3 N–H and O–H groups in total. The molecule has 18 heavy (non-hydrogen) atoms. The third kappa shape index (κ3) is 4.82. The Kier molecular flexibility index (Phi) is 5.10. The number of aromatic nitrogens is 1. The van der Waals surface area contributed by atoms with Gasteiger partial charge in [0.15, 0.2) is 0 Å². The van der Waals surface area contributed by atoms with Crippen molar-refractivity contribution in [2.24, 2.45) is 5.92 Å². The van der Waals surface area contributed by atoms with Crippen LogP contribution < -0.4 is 10.6 Å². The highest BCUT2D eigenvalue weighted by molar-refractivity contribution is 5.87. The van der Waals surface area contributed by atoms with Gasteiger partial charge in [-0.05, 0) is 18.1 Å². The van der Waals surface area contributed by atoms with Gasteiger partial charge in [-0.3, -0.25) is 4.79 Å². The number of carbonyl (C=O) groups excluding carboxylic acids is 1. The van der Waals surface area contributed by atoms with Crippen molar-refractivity contribution in [1.82, 2.24) is 10.3 Å². The molecular formula is C12H17N3O3. The number of pyridine rings is 1. The maximum absolute atomic E-state index is 11.4. The summed E-state index contributed by atoms with van der Waals surface area (Å²) in [4.78, 5) is 25.9. The van der Waals surface area contributed by atoms with Gasteiger partial charge in [0.2, 0.25) is 5.91 Å². The zero-order valence-electron chi connectivity index (χ0n) is 10.4. The number of nitrogens with one attached hydrogen (secondary N) is 2. The van der Waals surface area contributed by atoms with Crippen LogP contribution in [0.2, 0.25) is 0 Å². The van der Waals surface area contributed by atoms with Crippen LogP contribution in [0, 0.1) is 5.92 Å². The van der Waals surface area contributed by atoms with E-state index in [0.29, 0.717) is 18.3 Å². The number of hydrogen-bond donors (Lipinski definition) is 3. The van der Waals surface area contributed by atoms with Crippen LogP contribution in [0.15, 0.2) is 18.3 Å². The van der Waals surface area contributed by atoms with Crippen LogP contribution in [0.5, 0.6) is 0 Å². The maximum atomic E-state index is 11.4. The van der Waals surface area contributed by atoms with Crippen molar-refractivity contribution in [3.8, 4) is 0 Å². The summed E-state index contributed by atoms with van der Waals surface area (Å²) in [5, 5.41) is 14.3. The van der Waals surface area contributed by atoms with Gasteiger partial charge in [-0.2, -0.15) is 0 Å². The molecule has 1 aromatic rings. The fraction of sp³-hybridized carbons (Fsp3) is 0.417. The lowest BCUT2D eigenvalue weighted by Gasteiger charge is -2.08. The van der Waals surface area contributed by atoms with Crippen molar-refractivity contribution in [1.29, 1.82) is 0 Å². The highest BCUT2D eigenvalue weighted by atomic mass is 16.4. The Hall–Kier alpha value is -2.11. The fourth-order valence-corrected chi connectivity index (χ4v) is 1.18. The fourth-order valence-electron chi connectivity index (χ4n) is 1.18. The van der Waals surface area contributed by atoms with E-state index in [4.69, 9.17) is 5.11 Å². The summed E-state index contributed by atoms with van der Waals surface area (Å²) in [7, 11) is 0. The Morgan fingerprint density at radius 1 is 1.39 bits per heavy atom. The van der Waals surface area contributed by atoms with E-state index < -0.39 is 5.97 Å². The molecule has 0 saturated carbocycles. The molecule has 1 amide bonds. The molecule has 0 saturated heterocycles. The minimum absolute atomic E-state index is 0.116. The second kappa shape index (κ2) is 6.58. The van der Waals surface area contributed by atoms with E-state index in [1.165, 1.54) is 18.3 Å². The minimum atomic E-state index is -1.02. The number of carboxylic acids is 1. The Labute approximate surface area is 105 Å². The van der Waals surface area contributed by atoms with Gasteiger partial charge in [0, 0.05) is 12.7 Å². The number of carboxylic acid groups (broad SMARTS) is 1. The molecule has 0 fully saturated rings. The third-order valence-corrected chi connectivity index (χ3v) is 2.15. The zero-order chi connectivity index (χ0) is 13.5. The van der Waals surface area contributed by atoms with Crippen LogP contribution >= 0.6 is 0 Å². The maximum Gasteiger partial charge on any atom is 0.337 e. The van der Waals surface area contributed by atoms with Crippen LogP contribution in [0.1, 0.15) is 24.2 Å². The normalized spacial score (nSPS) is 10.2. The summed E-state index contributed by atoms with van der Waals surface area (Å²) in [6.07, 6.45) is 1.25. The predicted octanol–water partition coefficient (Wildman–Crippen LogP) is 0.964. The molecule has 0 radical (unpaired) electrons. The molecule has 0 aliphatic rings. The second-order valence-electron chi connectivity index (χ2n) is 4.29. The van der Waals surface area contributed by atoms with Crippen molar-refractivity contribution >= 4 is 17.7 Å². The molecular weight excluding hydrogens is 234 g/mol. The first-order chi connectivity index (χ1) is 8.49. The van der Waals surface area contributed by atoms with Gasteiger partial charge in [0.1, 0.15) is 5.82 Å². The average Bonchev–Trinajstić information content (AvgIpc) is 2.34. The summed E-state index contributed by atoms with van der Waals surface area (Å²) in [6, 6.07) is 2.96. The van der Waals surface area contributed by atoms with Gasteiger partial charge in [0.25, 0.3) is 0 Å². The van der Waals surface area contributed by atoms with E-state index in [-0.39, 0.29) is 18.0 Å². The Morgan fingerprint density at radius 3 is 2.61 bits per heavy atom. The van der Waals surface area contributed by atoms with Crippen molar-refractivity contribution in [3.05, 3.63) is 23.9 Å². The van der Waals surface area contributed by atoms with Crippen LogP contribution in [0.4, 0.5) is 5.82 Å². The average molecular weight is 251 g/mol. The molecule has 6 nitrogen and oxygen atoms in total. The molecule has 6 heteroatoms. The van der Waals surface area contributed by atoms with Gasteiger partial charge in [-0.25, -0.2) is 9.78 Å². The molecule has 0 spiro atoms. The van der Waals surface area contributed by atoms with Crippen LogP contribution in [0.3, 0.4) is 0 Å². The first-order valence-corrected chi connectivity index (χ1v) is 5.69. The van der Waals surface area contributed by atoms with E-state index in [2.05, 4.69) is 15.6 Å². The lowest BCUT2D eigenvalue weighted by Crippen LogP contribution is -2.32. The number of rotatable bonds is 6. The monoisotopic (exact) mass is 251 g/mol. The first-order valence-electron chi connectivity index (χ1n) is 5.69. The zero-order valence-corrected chi connectivity index (χ0v) is 10.4. The van der Waals surface area contributed by atoms with Crippen LogP contribution in [-0.2, 0) is 4.79 Å². The topological polar surface area (TPSA) is 91.3 Å². The van der Waals surface area contributed by atoms with E-state index in [9.17, 15) is 9.59 Å². The summed E-state index contributed by atoms with van der Waals surface area (Å²) >= 11 is 0. The van der Waals surface area contributed by atoms with Gasteiger partial charge in [-0.15, -0.1) is 0 Å². The molecule has 0 atom stereocenters. The van der Waals surface area contributed by atoms with Gasteiger partial charge in [-0.1, -0.05) is 13.8 Å². The minimum Gasteiger partial charge on any atom is -0.478 e. The Balaban J connectivity index is 2.39. The molecule has 0 unspecified atom stereocenters. The molecule has 1 aromatic heterocycles. The molecule has 0 aromatic carbocycles. The number of hydrogen-bond acceptors (Lipinski definition) is 4. The third-order valence-electron chi connectivity index (χ3n) is 2.15. The first kappa shape index (κ1) is 14.0. The summed E-state index contributed by atoms with van der Waals surface area (Å²) < 4.78 is 0. The smallest absolute Gasteiger partial charge is 0.337 e. The van der Waals surface area contributed by atoms with E-state index in [1.54, 1.807) is 0 Å². The number of aromatic carboxylic acids is 1. The van der Waals surface area contributed by atoms with Gasteiger partial charge in [0.05, 0.1) is 12.1 Å². The molecule has 98 valence electrons. The summed E-state index contributed by atoms with van der Waals surface area (Å²) in [5.74, 6) is -0.266. The number of anilines is 1. The van der Waals surface area contributed by atoms with Crippen molar-refractivity contribution in [2.45, 2.75) is 13.8 Å².